The van der Waals surface area contributed by atoms with E-state index >= 15 is 0 Å². The summed E-state index contributed by atoms with van der Waals surface area (Å²) in [6.07, 6.45) is 3.46. The molecule has 0 bridgehead atoms. The first-order valence-corrected chi connectivity index (χ1v) is 11.6. The van der Waals surface area contributed by atoms with Gasteiger partial charge in [0.05, 0.1) is 31.3 Å². The van der Waals surface area contributed by atoms with Gasteiger partial charge < -0.3 is 36.1 Å². The monoisotopic (exact) mass is 480 g/mol. The molecule has 0 aliphatic heterocycles. The molecule has 0 unspecified atom stereocenters. The summed E-state index contributed by atoms with van der Waals surface area (Å²) in [5, 5.41) is 18.2. The van der Waals surface area contributed by atoms with Crippen molar-refractivity contribution in [3.8, 4) is 11.5 Å². The largest absolute Gasteiger partial charge is 0.493 e. The molecule has 0 aromatic heterocycles. The van der Waals surface area contributed by atoms with Crippen LogP contribution in [0.4, 0.5) is 11.4 Å². The number of nitrogen functional groups attached to an aromatic ring is 1. The molecule has 1 aliphatic rings. The lowest BCUT2D eigenvalue weighted by molar-refractivity contribution is 0.0925. The number of amidine groups is 1. The Hall–Kier alpha value is -3.88. The highest BCUT2D eigenvalue weighted by molar-refractivity contribution is 6.01. The van der Waals surface area contributed by atoms with Gasteiger partial charge in [0.2, 0.25) is 0 Å². The molecule has 0 heterocycles. The quantitative estimate of drug-likeness (QED) is 0.212. The first kappa shape index (κ1) is 25.7. The smallest absolute Gasteiger partial charge is 0.253 e. The first-order valence-electron chi connectivity index (χ1n) is 11.6. The normalized spacial score (nSPS) is 17.1. The molecule has 0 atom stereocenters. The molecule has 9 heteroatoms. The molecule has 188 valence electrons. The highest BCUT2D eigenvalue weighted by atomic mass is 16.5. The summed E-state index contributed by atoms with van der Waals surface area (Å²) >= 11 is 0. The molecule has 3 rings (SSSR count). The van der Waals surface area contributed by atoms with Crippen LogP contribution in [0, 0.1) is 5.41 Å². The highest BCUT2D eigenvalue weighted by Gasteiger charge is 2.24. The van der Waals surface area contributed by atoms with E-state index in [9.17, 15) is 4.79 Å². The van der Waals surface area contributed by atoms with Crippen molar-refractivity contribution in [3.63, 3.8) is 0 Å². The maximum absolute atomic E-state index is 12.9. The molecule has 1 fully saturated rings. The Kier molecular flexibility index (Phi) is 8.46. The van der Waals surface area contributed by atoms with E-state index in [1.54, 1.807) is 17.0 Å². The zero-order valence-corrected chi connectivity index (χ0v) is 20.9. The third kappa shape index (κ3) is 6.38. The van der Waals surface area contributed by atoms with Crippen molar-refractivity contribution in [2.75, 3.05) is 39.4 Å². The average Bonchev–Trinajstić information content (AvgIpc) is 2.84. The predicted molar refractivity (Wildman–Crippen MR) is 140 cm³/mol. The van der Waals surface area contributed by atoms with E-state index in [1.165, 1.54) is 14.2 Å². The lowest BCUT2D eigenvalue weighted by Crippen LogP contribution is -2.42. The van der Waals surface area contributed by atoms with Crippen LogP contribution in [0.15, 0.2) is 48.8 Å². The zero-order chi connectivity index (χ0) is 25.5. The van der Waals surface area contributed by atoms with Gasteiger partial charge in [0, 0.05) is 43.5 Å². The summed E-state index contributed by atoms with van der Waals surface area (Å²) in [6, 6.07) is 11.2. The van der Waals surface area contributed by atoms with Gasteiger partial charge in [-0.3, -0.25) is 10.2 Å². The molecule has 1 amide bonds. The van der Waals surface area contributed by atoms with Crippen LogP contribution in [0.1, 0.15) is 41.6 Å². The number of nitrogens with one attached hydrogen (secondary N) is 4. The van der Waals surface area contributed by atoms with Gasteiger partial charge in [0.15, 0.2) is 11.5 Å². The number of hydrogen-bond acceptors (Lipinski definition) is 7. The van der Waals surface area contributed by atoms with Gasteiger partial charge in [-0.25, -0.2) is 0 Å². The Morgan fingerprint density at radius 1 is 1.00 bits per heavy atom. The van der Waals surface area contributed by atoms with Gasteiger partial charge in [-0.15, -0.1) is 0 Å². The number of para-hydroxylation sites is 1. The molecule has 0 spiro atoms. The molecule has 0 radical (unpaired) electrons. The van der Waals surface area contributed by atoms with Gasteiger partial charge >= 0.3 is 0 Å². The van der Waals surface area contributed by atoms with Crippen molar-refractivity contribution in [3.05, 3.63) is 59.9 Å². The standard InChI is InChI=1S/C26H36N6O3/c1-16(30-22-9-7-6-8-19(22)25(28)32(2)3)29-17-10-12-18(13-11-17)31-26(33)20-14-23(34-4)24(35-5)15-21(20)27/h6-9,14-15,17-18,28-30H,1,10-13,27H2,2-5H3,(H,31,33). The SMILES string of the molecule is C=C(Nc1ccccc1C(=N)N(C)C)NC1CCC(NC(=O)c2cc(OC)c(OC)cc2N)CC1. The van der Waals surface area contributed by atoms with Crippen LogP contribution in [0.3, 0.4) is 0 Å². The number of nitrogens with zero attached hydrogens (tertiary/aromatic N) is 1. The minimum Gasteiger partial charge on any atom is -0.493 e. The van der Waals surface area contributed by atoms with Gasteiger partial charge in [-0.1, -0.05) is 18.7 Å². The van der Waals surface area contributed by atoms with E-state index in [1.807, 2.05) is 38.4 Å². The zero-order valence-electron chi connectivity index (χ0n) is 20.9. The number of methoxy groups -OCH3 is 2. The molecule has 2 aromatic rings. The van der Waals surface area contributed by atoms with E-state index in [-0.39, 0.29) is 18.0 Å². The maximum Gasteiger partial charge on any atom is 0.253 e. The van der Waals surface area contributed by atoms with Crippen molar-refractivity contribution >= 4 is 23.1 Å². The van der Waals surface area contributed by atoms with Gasteiger partial charge in [0.1, 0.15) is 5.84 Å². The van der Waals surface area contributed by atoms with Gasteiger partial charge in [-0.05, 0) is 43.9 Å². The second-order valence-electron chi connectivity index (χ2n) is 8.85. The minimum absolute atomic E-state index is 0.0653. The number of benzene rings is 2. The Labute approximate surface area is 207 Å². The molecule has 2 aromatic carbocycles. The fourth-order valence-corrected chi connectivity index (χ4v) is 4.22. The van der Waals surface area contributed by atoms with Crippen molar-refractivity contribution in [2.45, 2.75) is 37.8 Å². The van der Waals surface area contributed by atoms with Crippen LogP contribution in [0.25, 0.3) is 0 Å². The molecule has 6 N–H and O–H groups in total. The molecule has 1 aliphatic carbocycles. The Morgan fingerprint density at radius 3 is 2.17 bits per heavy atom. The van der Waals surface area contributed by atoms with Crippen molar-refractivity contribution in [2.24, 2.45) is 0 Å². The molecule has 1 saturated carbocycles. The summed E-state index contributed by atoms with van der Waals surface area (Å²) in [6.45, 7) is 4.12. The molecule has 0 saturated heterocycles. The lowest BCUT2D eigenvalue weighted by atomic mass is 9.91. The van der Waals surface area contributed by atoms with Crippen LogP contribution < -0.4 is 31.2 Å². The maximum atomic E-state index is 12.9. The number of amides is 1. The fourth-order valence-electron chi connectivity index (χ4n) is 4.22. The Balaban J connectivity index is 1.52. The summed E-state index contributed by atoms with van der Waals surface area (Å²) in [7, 11) is 6.75. The Morgan fingerprint density at radius 2 is 1.57 bits per heavy atom. The summed E-state index contributed by atoms with van der Waals surface area (Å²) in [5.41, 5.74) is 8.44. The summed E-state index contributed by atoms with van der Waals surface area (Å²) < 4.78 is 10.5. The predicted octanol–water partition coefficient (Wildman–Crippen LogP) is 3.39. The van der Waals surface area contributed by atoms with Crippen molar-refractivity contribution in [1.29, 1.82) is 5.41 Å². The molecule has 35 heavy (non-hydrogen) atoms. The van der Waals surface area contributed by atoms with Crippen LogP contribution >= 0.6 is 0 Å². The Bertz CT molecular complexity index is 1080. The van der Waals surface area contributed by atoms with E-state index < -0.39 is 0 Å². The van der Waals surface area contributed by atoms with E-state index in [0.29, 0.717) is 34.4 Å². The molecular formula is C26H36N6O3. The topological polar surface area (TPSA) is 125 Å². The van der Waals surface area contributed by atoms with Crippen LogP contribution in [0.5, 0.6) is 11.5 Å². The van der Waals surface area contributed by atoms with E-state index in [0.717, 1.165) is 36.9 Å². The number of hydrogen-bond donors (Lipinski definition) is 5. The average molecular weight is 481 g/mol. The second-order valence-corrected chi connectivity index (χ2v) is 8.85. The molecule has 9 nitrogen and oxygen atoms in total. The number of rotatable bonds is 9. The van der Waals surface area contributed by atoms with Crippen molar-refractivity contribution in [1.82, 2.24) is 15.5 Å². The minimum atomic E-state index is -0.217. The van der Waals surface area contributed by atoms with Crippen LogP contribution in [-0.4, -0.2) is 57.0 Å². The van der Waals surface area contributed by atoms with Gasteiger partial charge in [-0.2, -0.15) is 0 Å². The highest BCUT2D eigenvalue weighted by Crippen LogP contribution is 2.32. The lowest BCUT2D eigenvalue weighted by Gasteiger charge is -2.31. The third-order valence-electron chi connectivity index (χ3n) is 6.16. The second kappa shape index (κ2) is 11.5. The number of carbonyl (C=O) groups is 1. The number of carbonyl (C=O) groups excluding carboxylic acids is 1. The van der Waals surface area contributed by atoms with E-state index in [4.69, 9.17) is 20.6 Å². The van der Waals surface area contributed by atoms with E-state index in [2.05, 4.69) is 22.5 Å². The third-order valence-corrected chi connectivity index (χ3v) is 6.16. The summed E-state index contributed by atoms with van der Waals surface area (Å²) in [5.74, 6) is 1.85. The fraction of sp³-hybridized carbons (Fsp3) is 0.385. The van der Waals surface area contributed by atoms with Crippen LogP contribution in [0.2, 0.25) is 0 Å². The van der Waals surface area contributed by atoms with Crippen molar-refractivity contribution < 1.29 is 14.3 Å². The first-order chi connectivity index (χ1) is 16.7. The number of nitrogens with two attached hydrogens (primary N) is 1. The number of ether oxygens (including phenoxy) is 2. The number of anilines is 2. The van der Waals surface area contributed by atoms with Gasteiger partial charge in [0.25, 0.3) is 5.91 Å². The summed E-state index contributed by atoms with van der Waals surface area (Å²) in [4.78, 5) is 14.6. The van der Waals surface area contributed by atoms with Crippen LogP contribution in [-0.2, 0) is 0 Å². The molecular weight excluding hydrogens is 444 g/mol.